The first-order valence-corrected chi connectivity index (χ1v) is 10.6. The average molecular weight is 586 g/mol. The Morgan fingerprint density at radius 2 is 0.972 bits per heavy atom. The molecule has 0 fully saturated rings. The molecule has 0 atom stereocenters. The van der Waals surface area contributed by atoms with Crippen LogP contribution in [0.3, 0.4) is 0 Å². The molecule has 20 heteroatoms. The van der Waals surface area contributed by atoms with Crippen LogP contribution in [0.25, 0.3) is 0 Å². The summed E-state index contributed by atoms with van der Waals surface area (Å²) in [5, 5.41) is 49.5. The molecule has 36 heavy (non-hydrogen) atoms. The molecule has 0 aliphatic rings. The van der Waals surface area contributed by atoms with Crippen molar-refractivity contribution in [2.24, 2.45) is 10.2 Å². The Hall–Kier alpha value is -3.86. The van der Waals surface area contributed by atoms with Gasteiger partial charge in [-0.1, -0.05) is 46.4 Å². The number of alkyl halides is 4. The summed E-state index contributed by atoms with van der Waals surface area (Å²) in [7, 11) is 0. The molecule has 0 aromatic heterocycles. The summed E-state index contributed by atoms with van der Waals surface area (Å²) in [5.74, 6) is 0. The maximum Gasteiger partial charge on any atom is 0.301 e. The Morgan fingerprint density at radius 1 is 0.639 bits per heavy atom. The fraction of sp³-hybridized carbons (Fsp3) is 0.125. The van der Waals surface area contributed by atoms with Gasteiger partial charge < -0.3 is 0 Å². The summed E-state index contributed by atoms with van der Waals surface area (Å²) in [5.41, 5.74) is 2.94. The van der Waals surface area contributed by atoms with E-state index in [-0.39, 0.29) is 22.7 Å². The predicted octanol–water partition coefficient (Wildman–Crippen LogP) is 5.41. The number of nitrogens with zero attached hydrogens (tertiary/aromatic N) is 6. The van der Waals surface area contributed by atoms with Gasteiger partial charge in [-0.05, 0) is 12.1 Å². The van der Waals surface area contributed by atoms with Crippen molar-refractivity contribution >= 4 is 93.0 Å². The average Bonchev–Trinajstić information content (AvgIpc) is 2.78. The highest BCUT2D eigenvalue weighted by atomic mass is 35.5. The van der Waals surface area contributed by atoms with Crippen molar-refractivity contribution in [1.82, 2.24) is 0 Å². The summed E-state index contributed by atoms with van der Waals surface area (Å²) in [4.78, 5) is 37.7. The van der Waals surface area contributed by atoms with Crippen molar-refractivity contribution in [1.29, 1.82) is 0 Å². The van der Waals surface area contributed by atoms with Gasteiger partial charge in [0.05, 0.1) is 44.3 Å². The number of non-ortho nitro benzene ring substituents is 2. The Balaban J connectivity index is 0.000000360. The van der Waals surface area contributed by atoms with E-state index in [9.17, 15) is 40.5 Å². The van der Waals surface area contributed by atoms with Crippen LogP contribution in [0.15, 0.2) is 46.6 Å². The van der Waals surface area contributed by atoms with Gasteiger partial charge in [-0.2, -0.15) is 10.2 Å². The molecule has 0 amide bonds. The van der Waals surface area contributed by atoms with Crippen molar-refractivity contribution in [3.8, 4) is 0 Å². The zero-order chi connectivity index (χ0) is 27.4. The van der Waals surface area contributed by atoms with E-state index in [4.69, 9.17) is 46.4 Å². The molecule has 2 rings (SSSR count). The molecule has 192 valence electrons. The lowest BCUT2D eigenvalue weighted by Crippen LogP contribution is -1.99. The molecule has 2 N–H and O–H groups in total. The number of benzene rings is 2. The van der Waals surface area contributed by atoms with Gasteiger partial charge in [-0.3, -0.25) is 51.3 Å². The molecule has 0 saturated heterocycles. The summed E-state index contributed by atoms with van der Waals surface area (Å²) in [6.07, 6.45) is 2.21. The second-order valence-corrected chi connectivity index (χ2v) is 8.21. The van der Waals surface area contributed by atoms with Crippen LogP contribution in [-0.2, 0) is 0 Å². The first-order valence-electron chi connectivity index (χ1n) is 8.83. The van der Waals surface area contributed by atoms with Crippen LogP contribution in [0, 0.1) is 40.5 Å². The van der Waals surface area contributed by atoms with Gasteiger partial charge in [0.2, 0.25) is 0 Å². The fourth-order valence-electron chi connectivity index (χ4n) is 2.08. The number of hydrogen-bond acceptors (Lipinski definition) is 12. The Bertz CT molecular complexity index is 1100. The van der Waals surface area contributed by atoms with E-state index in [2.05, 4.69) is 21.1 Å². The topological polar surface area (TPSA) is 221 Å². The molecule has 0 bridgehead atoms. The molecular weight excluding hydrogens is 574 g/mol. The molecule has 0 unspecified atom stereocenters. The highest BCUT2D eigenvalue weighted by molar-refractivity contribution is 6.52. The number of nitro groups is 4. The molecule has 0 aliphatic carbocycles. The van der Waals surface area contributed by atoms with Crippen LogP contribution < -0.4 is 10.9 Å². The van der Waals surface area contributed by atoms with Gasteiger partial charge in [0.15, 0.2) is 0 Å². The van der Waals surface area contributed by atoms with Gasteiger partial charge in [0.1, 0.15) is 21.0 Å². The van der Waals surface area contributed by atoms with Crippen molar-refractivity contribution in [3.05, 3.63) is 76.9 Å². The number of nitro benzene ring substituents is 4. The number of hydrazone groups is 2. The quantitative estimate of drug-likeness (QED) is 0.156. The smallest absolute Gasteiger partial charge is 0.272 e. The van der Waals surface area contributed by atoms with Crippen LogP contribution in [-0.4, -0.2) is 41.8 Å². The normalized spacial score (nSPS) is 10.8. The first kappa shape index (κ1) is 30.2. The second kappa shape index (κ2) is 14.5. The minimum atomic E-state index is -0.866. The number of hydrogen-bond donors (Lipinski definition) is 2. The third-order valence-electron chi connectivity index (χ3n) is 3.52. The van der Waals surface area contributed by atoms with Crippen LogP contribution in [0.2, 0.25) is 0 Å². The standard InChI is InChI=1S/2C8H6Cl2N4O4/c2*9-8(10)4-11-12-6-2-1-5(13(15)16)3-7(6)14(17)18/h2*1-4,8,12H. The molecular formula is C16H12Cl4N8O8. The third kappa shape index (κ3) is 10.2. The number of rotatable bonds is 10. The summed E-state index contributed by atoms with van der Waals surface area (Å²) >= 11 is 21.5. The molecule has 0 spiro atoms. The van der Waals surface area contributed by atoms with Crippen LogP contribution in [0.5, 0.6) is 0 Å². The Labute approximate surface area is 220 Å². The predicted molar refractivity (Wildman–Crippen MR) is 135 cm³/mol. The number of halogens is 4. The lowest BCUT2D eigenvalue weighted by atomic mass is 10.2. The van der Waals surface area contributed by atoms with Crippen molar-refractivity contribution in [2.75, 3.05) is 10.9 Å². The van der Waals surface area contributed by atoms with Crippen molar-refractivity contribution < 1.29 is 19.7 Å². The van der Waals surface area contributed by atoms with E-state index in [1.165, 1.54) is 12.1 Å². The monoisotopic (exact) mass is 584 g/mol. The Morgan fingerprint density at radius 3 is 1.22 bits per heavy atom. The minimum absolute atomic E-state index is 0.00386. The lowest BCUT2D eigenvalue weighted by Gasteiger charge is -2.01. The van der Waals surface area contributed by atoms with Gasteiger partial charge in [0.25, 0.3) is 11.4 Å². The van der Waals surface area contributed by atoms with E-state index in [1.54, 1.807) is 0 Å². The summed E-state index contributed by atoms with van der Waals surface area (Å²) < 4.78 is 0. The van der Waals surface area contributed by atoms with Gasteiger partial charge in [0, 0.05) is 12.1 Å². The van der Waals surface area contributed by atoms with Gasteiger partial charge >= 0.3 is 11.4 Å². The highest BCUT2D eigenvalue weighted by Crippen LogP contribution is 2.29. The Kier molecular flexibility index (Phi) is 12.2. The minimum Gasteiger partial charge on any atom is -0.272 e. The van der Waals surface area contributed by atoms with Crippen LogP contribution >= 0.6 is 46.4 Å². The van der Waals surface area contributed by atoms with Crippen molar-refractivity contribution in [2.45, 2.75) is 9.67 Å². The van der Waals surface area contributed by atoms with Crippen LogP contribution in [0.4, 0.5) is 34.1 Å². The molecule has 0 saturated carbocycles. The van der Waals surface area contributed by atoms with Crippen molar-refractivity contribution in [3.63, 3.8) is 0 Å². The lowest BCUT2D eigenvalue weighted by molar-refractivity contribution is -0.393. The first-order chi connectivity index (χ1) is 16.8. The summed E-state index contributed by atoms with van der Waals surface area (Å²) in [6, 6.07) is 6.23. The maximum absolute atomic E-state index is 10.7. The largest absolute Gasteiger partial charge is 0.301 e. The molecule has 0 radical (unpaired) electrons. The fourth-order valence-corrected chi connectivity index (χ4v) is 2.31. The number of anilines is 2. The third-order valence-corrected chi connectivity index (χ3v) is 3.97. The van der Waals surface area contributed by atoms with E-state index in [0.29, 0.717) is 0 Å². The molecule has 0 heterocycles. The van der Waals surface area contributed by atoms with Gasteiger partial charge in [-0.15, -0.1) is 0 Å². The zero-order valence-electron chi connectivity index (χ0n) is 17.2. The molecule has 2 aromatic carbocycles. The van der Waals surface area contributed by atoms with Crippen LogP contribution in [0.1, 0.15) is 0 Å². The zero-order valence-corrected chi connectivity index (χ0v) is 20.3. The SMILES string of the molecule is O=[N+]([O-])c1ccc(NN=CC(Cl)Cl)c([N+](=O)[O-])c1.O=[N+]([O-])c1ccc(NN=CC(Cl)Cl)c([N+](=O)[O-])c1. The molecule has 2 aromatic rings. The summed E-state index contributed by atoms with van der Waals surface area (Å²) in [6.45, 7) is 0. The number of nitrogens with one attached hydrogen (secondary N) is 2. The van der Waals surface area contributed by atoms with E-state index in [0.717, 1.165) is 36.7 Å². The van der Waals surface area contributed by atoms with Gasteiger partial charge in [-0.25, -0.2) is 0 Å². The van der Waals surface area contributed by atoms with E-state index in [1.807, 2.05) is 0 Å². The highest BCUT2D eigenvalue weighted by Gasteiger charge is 2.20. The second-order valence-electron chi connectivity index (χ2n) is 5.88. The van der Waals surface area contributed by atoms with E-state index < -0.39 is 40.7 Å². The maximum atomic E-state index is 10.7. The molecule has 16 nitrogen and oxygen atoms in total. The molecule has 0 aliphatic heterocycles. The van der Waals surface area contributed by atoms with E-state index >= 15 is 0 Å².